The van der Waals surface area contributed by atoms with Gasteiger partial charge in [0.05, 0.1) is 0 Å². The third kappa shape index (κ3) is 2.06. The predicted molar refractivity (Wildman–Crippen MR) is 75.7 cm³/mol. The van der Waals surface area contributed by atoms with E-state index < -0.39 is 0 Å². The monoisotopic (exact) mass is 237 g/mol. The van der Waals surface area contributed by atoms with Crippen LogP contribution in [0, 0.1) is 6.92 Å². The first-order valence-corrected chi connectivity index (χ1v) is 6.70. The van der Waals surface area contributed by atoms with E-state index in [0.29, 0.717) is 12.0 Å². The lowest BCUT2D eigenvalue weighted by Gasteiger charge is -2.22. The van der Waals surface area contributed by atoms with Gasteiger partial charge in [0.15, 0.2) is 0 Å². The number of aryl methyl sites for hydroxylation is 1. The fourth-order valence-corrected chi connectivity index (χ4v) is 3.05. The highest BCUT2D eigenvalue weighted by Crippen LogP contribution is 2.38. The Labute approximate surface area is 109 Å². The summed E-state index contributed by atoms with van der Waals surface area (Å²) in [5.41, 5.74) is 4.31. The van der Waals surface area contributed by atoms with Gasteiger partial charge in [-0.3, -0.25) is 0 Å². The summed E-state index contributed by atoms with van der Waals surface area (Å²) < 4.78 is 0. The molecule has 92 valence electrons. The Bertz CT molecular complexity index is 518. The molecule has 2 unspecified atom stereocenters. The molecule has 0 saturated carbocycles. The van der Waals surface area contributed by atoms with Gasteiger partial charge in [0.2, 0.25) is 0 Å². The summed E-state index contributed by atoms with van der Waals surface area (Å²) in [6.07, 6.45) is 1.23. The summed E-state index contributed by atoms with van der Waals surface area (Å²) in [6.45, 7) is 3.33. The summed E-state index contributed by atoms with van der Waals surface area (Å²) in [4.78, 5) is 0. The second-order valence-corrected chi connectivity index (χ2v) is 5.09. The lowest BCUT2D eigenvalue weighted by Crippen LogP contribution is -2.17. The molecule has 1 heterocycles. The van der Waals surface area contributed by atoms with Crippen LogP contribution in [0.1, 0.15) is 35.1 Å². The third-order valence-corrected chi connectivity index (χ3v) is 3.97. The van der Waals surface area contributed by atoms with Crippen molar-refractivity contribution < 1.29 is 0 Å². The Kier molecular flexibility index (Phi) is 3.16. The van der Waals surface area contributed by atoms with Crippen molar-refractivity contribution in [3.05, 3.63) is 71.3 Å². The summed E-state index contributed by atoms with van der Waals surface area (Å²) >= 11 is 0. The fourth-order valence-electron chi connectivity index (χ4n) is 3.05. The highest BCUT2D eigenvalue weighted by molar-refractivity contribution is 5.34. The average molecular weight is 237 g/mol. The van der Waals surface area contributed by atoms with Crippen molar-refractivity contribution >= 4 is 0 Å². The predicted octanol–water partition coefficient (Wildman–Crippen LogP) is 3.81. The minimum atomic E-state index is 0.465. The topological polar surface area (TPSA) is 12.0 Å². The molecule has 1 aliphatic heterocycles. The molecule has 1 N–H and O–H groups in total. The standard InChI is InChI=1S/C17H19N/c1-13-7-5-6-10-15(13)16-11-12-18-17(16)14-8-3-2-4-9-14/h2-10,16-18H,11-12H2,1H3. The number of hydrogen-bond acceptors (Lipinski definition) is 1. The quantitative estimate of drug-likeness (QED) is 0.837. The van der Waals surface area contributed by atoms with Crippen LogP contribution in [0.4, 0.5) is 0 Å². The average Bonchev–Trinajstić information content (AvgIpc) is 2.89. The first-order valence-electron chi connectivity index (χ1n) is 6.70. The molecule has 0 aromatic heterocycles. The first kappa shape index (κ1) is 11.5. The fraction of sp³-hybridized carbons (Fsp3) is 0.294. The highest BCUT2D eigenvalue weighted by Gasteiger charge is 2.29. The molecular weight excluding hydrogens is 218 g/mol. The molecule has 1 fully saturated rings. The molecule has 0 bridgehead atoms. The molecule has 2 atom stereocenters. The molecule has 0 radical (unpaired) electrons. The van der Waals surface area contributed by atoms with Gasteiger partial charge in [-0.1, -0.05) is 54.6 Å². The molecule has 2 aromatic carbocycles. The van der Waals surface area contributed by atoms with Crippen molar-refractivity contribution in [3.63, 3.8) is 0 Å². The van der Waals surface area contributed by atoms with Crippen LogP contribution in [-0.2, 0) is 0 Å². The summed E-state index contributed by atoms with van der Waals surface area (Å²) in [5.74, 6) is 0.605. The van der Waals surface area contributed by atoms with E-state index >= 15 is 0 Å². The van der Waals surface area contributed by atoms with Crippen LogP contribution in [-0.4, -0.2) is 6.54 Å². The van der Waals surface area contributed by atoms with Gasteiger partial charge in [-0.25, -0.2) is 0 Å². The smallest absolute Gasteiger partial charge is 0.0390 e. The molecule has 3 rings (SSSR count). The van der Waals surface area contributed by atoms with Gasteiger partial charge in [-0.05, 0) is 36.6 Å². The van der Waals surface area contributed by atoms with Crippen molar-refractivity contribution in [3.8, 4) is 0 Å². The van der Waals surface area contributed by atoms with E-state index in [9.17, 15) is 0 Å². The van der Waals surface area contributed by atoms with E-state index in [1.807, 2.05) is 0 Å². The van der Waals surface area contributed by atoms with Crippen LogP contribution in [0.25, 0.3) is 0 Å². The normalized spacial score (nSPS) is 23.2. The minimum Gasteiger partial charge on any atom is -0.309 e. The van der Waals surface area contributed by atoms with Crippen molar-refractivity contribution in [2.24, 2.45) is 0 Å². The Morgan fingerprint density at radius 2 is 1.67 bits per heavy atom. The number of hydrogen-bond donors (Lipinski definition) is 1. The molecule has 1 saturated heterocycles. The van der Waals surface area contributed by atoms with Crippen LogP contribution in [0.3, 0.4) is 0 Å². The molecule has 1 nitrogen and oxygen atoms in total. The molecular formula is C17H19N. The van der Waals surface area contributed by atoms with E-state index in [1.54, 1.807) is 0 Å². The van der Waals surface area contributed by atoms with E-state index in [-0.39, 0.29) is 0 Å². The molecule has 0 spiro atoms. The maximum Gasteiger partial charge on any atom is 0.0390 e. The highest BCUT2D eigenvalue weighted by atomic mass is 15.0. The van der Waals surface area contributed by atoms with Gasteiger partial charge in [0.1, 0.15) is 0 Å². The maximum atomic E-state index is 3.65. The van der Waals surface area contributed by atoms with Crippen LogP contribution in [0.2, 0.25) is 0 Å². The SMILES string of the molecule is Cc1ccccc1C1CCNC1c1ccccc1. The van der Waals surface area contributed by atoms with Crippen LogP contribution in [0.15, 0.2) is 54.6 Å². The second kappa shape index (κ2) is 4.95. The van der Waals surface area contributed by atoms with Gasteiger partial charge in [0.25, 0.3) is 0 Å². The van der Waals surface area contributed by atoms with Gasteiger partial charge in [-0.2, -0.15) is 0 Å². The summed E-state index contributed by atoms with van der Waals surface area (Å²) in [5, 5.41) is 3.65. The third-order valence-electron chi connectivity index (χ3n) is 3.97. The molecule has 1 heteroatoms. The Morgan fingerprint density at radius 3 is 2.44 bits per heavy atom. The van der Waals surface area contributed by atoms with Crippen molar-refractivity contribution in [2.75, 3.05) is 6.54 Å². The number of rotatable bonds is 2. The zero-order chi connectivity index (χ0) is 12.4. The van der Waals surface area contributed by atoms with Crippen molar-refractivity contribution in [2.45, 2.75) is 25.3 Å². The zero-order valence-corrected chi connectivity index (χ0v) is 10.8. The Hall–Kier alpha value is -1.60. The minimum absolute atomic E-state index is 0.465. The van der Waals surface area contributed by atoms with Gasteiger partial charge < -0.3 is 5.32 Å². The second-order valence-electron chi connectivity index (χ2n) is 5.09. The Morgan fingerprint density at radius 1 is 0.944 bits per heavy atom. The molecule has 0 amide bonds. The largest absolute Gasteiger partial charge is 0.309 e. The van der Waals surface area contributed by atoms with Crippen molar-refractivity contribution in [1.82, 2.24) is 5.32 Å². The summed E-state index contributed by atoms with van der Waals surface area (Å²) in [7, 11) is 0. The van der Waals surface area contributed by atoms with Crippen molar-refractivity contribution in [1.29, 1.82) is 0 Å². The number of nitrogens with one attached hydrogen (secondary N) is 1. The summed E-state index contributed by atoms with van der Waals surface area (Å²) in [6, 6.07) is 20.0. The first-order chi connectivity index (χ1) is 8.86. The van der Waals surface area contributed by atoms with Crippen LogP contribution >= 0.6 is 0 Å². The molecule has 0 aliphatic carbocycles. The van der Waals surface area contributed by atoms with E-state index in [0.717, 1.165) is 6.54 Å². The maximum absolute atomic E-state index is 3.65. The van der Waals surface area contributed by atoms with Crippen LogP contribution in [0.5, 0.6) is 0 Å². The zero-order valence-electron chi connectivity index (χ0n) is 10.8. The molecule has 18 heavy (non-hydrogen) atoms. The lowest BCUT2D eigenvalue weighted by atomic mass is 9.86. The molecule has 1 aliphatic rings. The van der Waals surface area contributed by atoms with E-state index in [1.165, 1.54) is 23.1 Å². The van der Waals surface area contributed by atoms with Gasteiger partial charge >= 0.3 is 0 Å². The van der Waals surface area contributed by atoms with E-state index in [2.05, 4.69) is 66.8 Å². The van der Waals surface area contributed by atoms with Gasteiger partial charge in [0, 0.05) is 12.0 Å². The Balaban J connectivity index is 1.95. The number of benzene rings is 2. The molecule has 2 aromatic rings. The van der Waals surface area contributed by atoms with Gasteiger partial charge in [-0.15, -0.1) is 0 Å². The lowest BCUT2D eigenvalue weighted by molar-refractivity contribution is 0.576. The van der Waals surface area contributed by atoms with Crippen LogP contribution < -0.4 is 5.32 Å². The van der Waals surface area contributed by atoms with E-state index in [4.69, 9.17) is 0 Å².